The van der Waals surface area contributed by atoms with Crippen molar-refractivity contribution >= 4 is 11.8 Å². The zero-order chi connectivity index (χ0) is 18.1. The zero-order valence-electron chi connectivity index (χ0n) is 15.2. The standard InChI is InChI=1S/C20H26N2O4/c1-25-16-7-5-6-14(12-16)19(24)22-17(18(23)21-15-8-9-15)13-26-20(22)10-3-2-4-11-20/h5-7,12,15,17H,2-4,8-11,13H2,1H3,(H,21,23)/t17-/m1/s1. The molecule has 4 rings (SSSR count). The highest BCUT2D eigenvalue weighted by Crippen LogP contribution is 2.41. The molecule has 6 heteroatoms. The van der Waals surface area contributed by atoms with E-state index in [-0.39, 0.29) is 24.5 Å². The molecule has 1 saturated heterocycles. The van der Waals surface area contributed by atoms with Gasteiger partial charge in [0, 0.05) is 11.6 Å². The Bertz CT molecular complexity index is 695. The molecule has 1 heterocycles. The number of carbonyl (C=O) groups excluding carboxylic acids is 2. The Balaban J connectivity index is 1.65. The molecule has 0 unspecified atom stereocenters. The third kappa shape index (κ3) is 3.18. The molecule has 1 atom stereocenters. The van der Waals surface area contributed by atoms with Gasteiger partial charge in [-0.1, -0.05) is 12.5 Å². The highest BCUT2D eigenvalue weighted by Gasteiger charge is 2.53. The fourth-order valence-electron chi connectivity index (χ4n) is 4.09. The summed E-state index contributed by atoms with van der Waals surface area (Å²) in [7, 11) is 1.58. The van der Waals surface area contributed by atoms with Gasteiger partial charge in [0.15, 0.2) is 0 Å². The van der Waals surface area contributed by atoms with Crippen molar-refractivity contribution in [2.75, 3.05) is 13.7 Å². The molecule has 6 nitrogen and oxygen atoms in total. The summed E-state index contributed by atoms with van der Waals surface area (Å²) in [5, 5.41) is 3.04. The predicted octanol–water partition coefficient (Wildman–Crippen LogP) is 2.48. The number of methoxy groups -OCH3 is 1. The maximum atomic E-state index is 13.4. The molecule has 0 aromatic heterocycles. The highest BCUT2D eigenvalue weighted by molar-refractivity contribution is 5.98. The van der Waals surface area contributed by atoms with Crippen molar-refractivity contribution in [2.24, 2.45) is 0 Å². The Hall–Kier alpha value is -2.08. The smallest absolute Gasteiger partial charge is 0.257 e. The van der Waals surface area contributed by atoms with Crippen molar-refractivity contribution in [3.63, 3.8) is 0 Å². The maximum Gasteiger partial charge on any atom is 0.257 e. The van der Waals surface area contributed by atoms with Crippen molar-refractivity contribution in [1.82, 2.24) is 10.2 Å². The zero-order valence-corrected chi connectivity index (χ0v) is 15.2. The fraction of sp³-hybridized carbons (Fsp3) is 0.600. The quantitative estimate of drug-likeness (QED) is 0.898. The monoisotopic (exact) mass is 358 g/mol. The second-order valence-electron chi connectivity index (χ2n) is 7.52. The van der Waals surface area contributed by atoms with Crippen LogP contribution >= 0.6 is 0 Å². The van der Waals surface area contributed by atoms with E-state index in [2.05, 4.69) is 5.32 Å². The Morgan fingerprint density at radius 3 is 2.69 bits per heavy atom. The molecule has 26 heavy (non-hydrogen) atoms. The lowest BCUT2D eigenvalue weighted by Gasteiger charge is -2.41. The first kappa shape index (κ1) is 17.3. The molecular weight excluding hydrogens is 332 g/mol. The van der Waals surface area contributed by atoms with Crippen molar-refractivity contribution in [1.29, 1.82) is 0 Å². The van der Waals surface area contributed by atoms with Crippen LogP contribution in [-0.4, -0.2) is 48.2 Å². The Kier molecular flexibility index (Phi) is 4.61. The van der Waals surface area contributed by atoms with Crippen molar-refractivity contribution < 1.29 is 19.1 Å². The lowest BCUT2D eigenvalue weighted by Crippen LogP contribution is -2.56. The fourth-order valence-corrected chi connectivity index (χ4v) is 4.09. The van der Waals surface area contributed by atoms with E-state index in [4.69, 9.17) is 9.47 Å². The van der Waals surface area contributed by atoms with Gasteiger partial charge < -0.3 is 14.8 Å². The van der Waals surface area contributed by atoms with E-state index in [0.717, 1.165) is 44.9 Å². The van der Waals surface area contributed by atoms with Crippen LogP contribution in [0.2, 0.25) is 0 Å². The van der Waals surface area contributed by atoms with Gasteiger partial charge in [0.1, 0.15) is 17.5 Å². The summed E-state index contributed by atoms with van der Waals surface area (Å²) in [5.41, 5.74) is -0.117. The van der Waals surface area contributed by atoms with E-state index in [1.807, 2.05) is 6.07 Å². The van der Waals surface area contributed by atoms with Crippen LogP contribution in [0, 0.1) is 0 Å². The van der Waals surface area contributed by atoms with Crippen LogP contribution in [0.3, 0.4) is 0 Å². The molecule has 2 saturated carbocycles. The summed E-state index contributed by atoms with van der Waals surface area (Å²) in [6.45, 7) is 0.272. The van der Waals surface area contributed by atoms with E-state index in [1.165, 1.54) is 0 Å². The summed E-state index contributed by atoms with van der Waals surface area (Å²) in [4.78, 5) is 27.9. The van der Waals surface area contributed by atoms with Crippen LogP contribution in [0.4, 0.5) is 0 Å². The molecule has 1 N–H and O–H groups in total. The number of nitrogens with zero attached hydrogens (tertiary/aromatic N) is 1. The molecule has 2 aliphatic carbocycles. The normalized spacial score (nSPS) is 24.5. The van der Waals surface area contributed by atoms with Crippen molar-refractivity contribution in [3.05, 3.63) is 29.8 Å². The SMILES string of the molecule is COc1cccc(C(=O)N2[C@@H](C(=O)NC3CC3)COC23CCCCC3)c1. The van der Waals surface area contributed by atoms with Crippen molar-refractivity contribution in [2.45, 2.75) is 62.8 Å². The number of hydrogen-bond acceptors (Lipinski definition) is 4. The van der Waals surface area contributed by atoms with E-state index < -0.39 is 11.8 Å². The van der Waals surface area contributed by atoms with Gasteiger partial charge in [0.05, 0.1) is 13.7 Å². The maximum absolute atomic E-state index is 13.4. The molecule has 1 aliphatic heterocycles. The number of rotatable bonds is 4. The van der Waals surface area contributed by atoms with Gasteiger partial charge in [0.25, 0.3) is 5.91 Å². The predicted molar refractivity (Wildman–Crippen MR) is 95.9 cm³/mol. The van der Waals surface area contributed by atoms with Crippen LogP contribution in [0.25, 0.3) is 0 Å². The number of ether oxygens (including phenoxy) is 2. The second kappa shape index (κ2) is 6.91. The highest BCUT2D eigenvalue weighted by atomic mass is 16.5. The second-order valence-corrected chi connectivity index (χ2v) is 7.52. The minimum atomic E-state index is -0.649. The van der Waals surface area contributed by atoms with Gasteiger partial charge in [0.2, 0.25) is 5.91 Å². The number of amides is 2. The average Bonchev–Trinajstić information content (AvgIpc) is 3.42. The lowest BCUT2D eigenvalue weighted by atomic mass is 9.89. The van der Waals surface area contributed by atoms with Crippen molar-refractivity contribution in [3.8, 4) is 5.75 Å². The Labute approximate surface area is 153 Å². The first-order valence-electron chi connectivity index (χ1n) is 9.55. The minimum Gasteiger partial charge on any atom is -0.497 e. The van der Waals surface area contributed by atoms with Crippen LogP contribution in [-0.2, 0) is 9.53 Å². The van der Waals surface area contributed by atoms with Gasteiger partial charge in [-0.15, -0.1) is 0 Å². The topological polar surface area (TPSA) is 67.9 Å². The first-order chi connectivity index (χ1) is 12.6. The van der Waals surface area contributed by atoms with E-state index in [0.29, 0.717) is 11.3 Å². The Morgan fingerprint density at radius 1 is 1.23 bits per heavy atom. The van der Waals surface area contributed by atoms with Crippen LogP contribution in [0.1, 0.15) is 55.3 Å². The molecule has 1 spiro atoms. The van der Waals surface area contributed by atoms with Gasteiger partial charge in [-0.25, -0.2) is 0 Å². The number of nitrogens with one attached hydrogen (secondary N) is 1. The number of benzene rings is 1. The minimum absolute atomic E-state index is 0.0915. The molecule has 0 bridgehead atoms. The molecule has 0 radical (unpaired) electrons. The van der Waals surface area contributed by atoms with E-state index in [9.17, 15) is 9.59 Å². The summed E-state index contributed by atoms with van der Waals surface area (Å²) in [6, 6.07) is 6.81. The van der Waals surface area contributed by atoms with E-state index in [1.54, 1.807) is 30.2 Å². The molecule has 1 aromatic carbocycles. The van der Waals surface area contributed by atoms with Gasteiger partial charge >= 0.3 is 0 Å². The number of carbonyl (C=O) groups is 2. The first-order valence-corrected chi connectivity index (χ1v) is 9.55. The molecule has 3 fully saturated rings. The Morgan fingerprint density at radius 2 is 2.00 bits per heavy atom. The van der Waals surface area contributed by atoms with Crippen LogP contribution in [0.5, 0.6) is 5.75 Å². The third-order valence-corrected chi connectivity index (χ3v) is 5.66. The largest absolute Gasteiger partial charge is 0.497 e. The van der Waals surface area contributed by atoms with Gasteiger partial charge in [-0.05, 0) is 56.7 Å². The molecular formula is C20H26N2O4. The summed E-state index contributed by atoms with van der Waals surface area (Å²) < 4.78 is 11.4. The average molecular weight is 358 g/mol. The summed E-state index contributed by atoms with van der Waals surface area (Å²) >= 11 is 0. The van der Waals surface area contributed by atoms with Crippen LogP contribution in [0.15, 0.2) is 24.3 Å². The summed E-state index contributed by atoms with van der Waals surface area (Å²) in [6.07, 6.45) is 6.79. The van der Waals surface area contributed by atoms with E-state index >= 15 is 0 Å². The van der Waals surface area contributed by atoms with Gasteiger partial charge in [-0.2, -0.15) is 0 Å². The lowest BCUT2D eigenvalue weighted by molar-refractivity contribution is -0.127. The third-order valence-electron chi connectivity index (χ3n) is 5.66. The molecule has 2 amide bonds. The molecule has 140 valence electrons. The number of hydrogen-bond donors (Lipinski definition) is 1. The van der Waals surface area contributed by atoms with Crippen LogP contribution < -0.4 is 10.1 Å². The molecule has 1 aromatic rings. The van der Waals surface area contributed by atoms with Gasteiger partial charge in [-0.3, -0.25) is 14.5 Å². The summed E-state index contributed by atoms with van der Waals surface area (Å²) in [5.74, 6) is 0.387. The molecule has 3 aliphatic rings.